The van der Waals surface area contributed by atoms with E-state index in [1.54, 1.807) is 25.2 Å². The second kappa shape index (κ2) is 8.86. The van der Waals surface area contributed by atoms with E-state index in [9.17, 15) is 4.79 Å². The second-order valence-corrected chi connectivity index (χ2v) is 9.11. The molecule has 3 aliphatic heterocycles. The number of carbonyl (C=O) groups excluding carboxylic acids is 1. The Morgan fingerprint density at radius 1 is 1.19 bits per heavy atom. The monoisotopic (exact) mass is 433 g/mol. The first-order valence-corrected chi connectivity index (χ1v) is 11.6. The molecule has 1 aromatic heterocycles. The van der Waals surface area contributed by atoms with Crippen molar-refractivity contribution in [1.82, 2.24) is 15.2 Å². The first-order chi connectivity index (χ1) is 15.6. The molecule has 1 saturated carbocycles. The fraction of sp³-hybridized carbons (Fsp3) is 0.500. The van der Waals surface area contributed by atoms with Crippen molar-refractivity contribution >= 4 is 28.8 Å². The molecule has 8 nitrogen and oxygen atoms in total. The highest BCUT2D eigenvalue weighted by molar-refractivity contribution is 6.45. The van der Waals surface area contributed by atoms with E-state index in [0.717, 1.165) is 67.6 Å². The quantitative estimate of drug-likeness (QED) is 0.745. The van der Waals surface area contributed by atoms with Crippen molar-refractivity contribution in [2.45, 2.75) is 25.7 Å². The van der Waals surface area contributed by atoms with Crippen molar-refractivity contribution in [3.05, 3.63) is 42.0 Å². The maximum atomic E-state index is 12.8. The highest BCUT2D eigenvalue weighted by atomic mass is 16.2. The molecule has 1 aromatic rings. The third-order valence-corrected chi connectivity index (χ3v) is 6.74. The SMILES string of the molecule is CN(C)C(=O)C1=NC=C2C=C(Nc3ccc(N4CCNCC4)cn3)N=C2C1C1CCCC1. The number of fused-ring (bicyclic) bond motifs is 1. The third-order valence-electron chi connectivity index (χ3n) is 6.74. The zero-order valence-electron chi connectivity index (χ0n) is 18.8. The molecule has 4 aliphatic rings. The van der Waals surface area contributed by atoms with E-state index < -0.39 is 0 Å². The van der Waals surface area contributed by atoms with Crippen LogP contribution in [0.25, 0.3) is 0 Å². The number of allylic oxidation sites excluding steroid dienone is 2. The number of rotatable bonds is 5. The Hall–Kier alpha value is -3.00. The zero-order chi connectivity index (χ0) is 22.1. The van der Waals surface area contributed by atoms with Crippen LogP contribution in [0.4, 0.5) is 11.5 Å². The highest BCUT2D eigenvalue weighted by Gasteiger charge is 2.40. The fourth-order valence-electron chi connectivity index (χ4n) is 5.07. The van der Waals surface area contributed by atoms with Crippen molar-refractivity contribution in [1.29, 1.82) is 0 Å². The smallest absolute Gasteiger partial charge is 0.268 e. The van der Waals surface area contributed by atoms with E-state index in [1.165, 1.54) is 12.8 Å². The molecule has 1 saturated heterocycles. The summed E-state index contributed by atoms with van der Waals surface area (Å²) >= 11 is 0. The van der Waals surface area contributed by atoms with Gasteiger partial charge in [0.05, 0.1) is 23.5 Å². The first-order valence-electron chi connectivity index (χ1n) is 11.6. The average Bonchev–Trinajstić information content (AvgIpc) is 3.48. The lowest BCUT2D eigenvalue weighted by Gasteiger charge is -2.29. The van der Waals surface area contributed by atoms with Crippen LogP contribution in [0.15, 0.2) is 52.0 Å². The first kappa shape index (κ1) is 20.9. The van der Waals surface area contributed by atoms with Gasteiger partial charge in [-0.25, -0.2) is 9.98 Å². The van der Waals surface area contributed by atoms with E-state index in [-0.39, 0.29) is 11.8 Å². The molecule has 4 heterocycles. The predicted molar refractivity (Wildman–Crippen MR) is 128 cm³/mol. The number of aliphatic imine (C=N–C) groups is 2. The molecule has 1 aliphatic carbocycles. The minimum atomic E-state index is -0.0361. The number of anilines is 2. The largest absolute Gasteiger partial charge is 0.368 e. The van der Waals surface area contributed by atoms with Crippen LogP contribution in [0.2, 0.25) is 0 Å². The molecule has 1 unspecified atom stereocenters. The molecule has 168 valence electrons. The van der Waals surface area contributed by atoms with Crippen LogP contribution in [0.3, 0.4) is 0 Å². The maximum absolute atomic E-state index is 12.8. The number of carbonyl (C=O) groups is 1. The van der Waals surface area contributed by atoms with Gasteiger partial charge in [0.1, 0.15) is 17.4 Å². The van der Waals surface area contributed by atoms with E-state index in [4.69, 9.17) is 4.99 Å². The van der Waals surface area contributed by atoms with Crippen molar-refractivity contribution in [2.75, 3.05) is 50.5 Å². The van der Waals surface area contributed by atoms with Crippen molar-refractivity contribution < 1.29 is 4.79 Å². The van der Waals surface area contributed by atoms with Crippen molar-refractivity contribution in [2.24, 2.45) is 21.8 Å². The number of hydrogen-bond donors (Lipinski definition) is 2. The summed E-state index contributed by atoms with van der Waals surface area (Å²) in [4.78, 5) is 30.9. The van der Waals surface area contributed by atoms with Crippen LogP contribution in [-0.4, -0.2) is 67.5 Å². The summed E-state index contributed by atoms with van der Waals surface area (Å²) in [6.07, 6.45) is 10.4. The molecule has 8 heteroatoms. The van der Waals surface area contributed by atoms with Crippen LogP contribution >= 0.6 is 0 Å². The summed E-state index contributed by atoms with van der Waals surface area (Å²) in [6, 6.07) is 4.11. The molecule has 0 aromatic carbocycles. The summed E-state index contributed by atoms with van der Waals surface area (Å²) in [5, 5.41) is 6.72. The molecular weight excluding hydrogens is 402 g/mol. The van der Waals surface area contributed by atoms with Crippen LogP contribution < -0.4 is 15.5 Å². The average molecular weight is 434 g/mol. The molecular formula is C24H31N7O. The molecule has 0 bridgehead atoms. The molecule has 5 rings (SSSR count). The topological polar surface area (TPSA) is 85.2 Å². The van der Waals surface area contributed by atoms with Gasteiger partial charge in [0.25, 0.3) is 5.91 Å². The molecule has 32 heavy (non-hydrogen) atoms. The van der Waals surface area contributed by atoms with Crippen LogP contribution in [0, 0.1) is 11.8 Å². The van der Waals surface area contributed by atoms with Crippen LogP contribution in [0.5, 0.6) is 0 Å². The number of amides is 1. The minimum Gasteiger partial charge on any atom is -0.368 e. The minimum absolute atomic E-state index is 0.0218. The number of nitrogens with zero attached hydrogens (tertiary/aromatic N) is 5. The van der Waals surface area contributed by atoms with E-state index >= 15 is 0 Å². The van der Waals surface area contributed by atoms with Gasteiger partial charge in [-0.05, 0) is 37.0 Å². The predicted octanol–water partition coefficient (Wildman–Crippen LogP) is 2.43. The van der Waals surface area contributed by atoms with Crippen LogP contribution in [0.1, 0.15) is 25.7 Å². The Morgan fingerprint density at radius 3 is 2.66 bits per heavy atom. The zero-order valence-corrected chi connectivity index (χ0v) is 18.8. The van der Waals surface area contributed by atoms with Gasteiger partial charge in [-0.15, -0.1) is 0 Å². The van der Waals surface area contributed by atoms with Gasteiger partial charge in [0.15, 0.2) is 0 Å². The van der Waals surface area contributed by atoms with Gasteiger partial charge in [0, 0.05) is 52.0 Å². The number of nitrogens with one attached hydrogen (secondary N) is 2. The summed E-state index contributed by atoms with van der Waals surface area (Å²) in [5.41, 5.74) is 3.73. The van der Waals surface area contributed by atoms with E-state index in [0.29, 0.717) is 11.6 Å². The maximum Gasteiger partial charge on any atom is 0.268 e. The fourth-order valence-corrected chi connectivity index (χ4v) is 5.07. The number of pyridine rings is 1. The summed E-state index contributed by atoms with van der Waals surface area (Å²) in [7, 11) is 3.57. The van der Waals surface area contributed by atoms with Gasteiger partial charge in [0.2, 0.25) is 0 Å². The summed E-state index contributed by atoms with van der Waals surface area (Å²) < 4.78 is 0. The Kier molecular flexibility index (Phi) is 5.78. The standard InChI is InChI=1S/C24H31N7O/c1-30(2)24(32)23-21(16-5-3-4-6-16)22-17(14-27-23)13-20(29-22)28-19-8-7-18(15-26-19)31-11-9-25-10-12-31/h7-8,13-16,21,25H,3-6,9-12H2,1-2H3,(H,26,28). The summed E-state index contributed by atoms with van der Waals surface area (Å²) in [5.74, 6) is 1.88. The molecule has 2 N–H and O–H groups in total. The second-order valence-electron chi connectivity index (χ2n) is 9.11. The van der Waals surface area contributed by atoms with Gasteiger partial charge in [-0.3, -0.25) is 9.79 Å². The molecule has 1 atom stereocenters. The van der Waals surface area contributed by atoms with Gasteiger partial charge in [-0.1, -0.05) is 12.8 Å². The lowest BCUT2D eigenvalue weighted by atomic mass is 9.79. The van der Waals surface area contributed by atoms with Crippen LogP contribution in [-0.2, 0) is 4.79 Å². The third kappa shape index (κ3) is 4.07. The van der Waals surface area contributed by atoms with Crippen molar-refractivity contribution in [3.63, 3.8) is 0 Å². The van der Waals surface area contributed by atoms with Gasteiger partial charge >= 0.3 is 0 Å². The number of piperazine rings is 1. The molecule has 0 radical (unpaired) electrons. The van der Waals surface area contributed by atoms with Gasteiger partial charge in [-0.2, -0.15) is 0 Å². The Labute approximate surface area is 189 Å². The Bertz CT molecular complexity index is 994. The Morgan fingerprint density at radius 2 is 1.97 bits per heavy atom. The number of hydrogen-bond acceptors (Lipinski definition) is 7. The molecule has 2 fully saturated rings. The lowest BCUT2D eigenvalue weighted by molar-refractivity contribution is -0.122. The van der Waals surface area contributed by atoms with E-state index in [1.807, 2.05) is 18.3 Å². The normalized spacial score (nSPS) is 23.2. The Balaban J connectivity index is 1.34. The molecule has 1 amide bonds. The van der Waals surface area contributed by atoms with E-state index in [2.05, 4.69) is 31.6 Å². The number of aromatic nitrogens is 1. The van der Waals surface area contributed by atoms with Crippen molar-refractivity contribution in [3.8, 4) is 0 Å². The highest BCUT2D eigenvalue weighted by Crippen LogP contribution is 2.38. The van der Waals surface area contributed by atoms with Gasteiger partial charge < -0.3 is 20.4 Å². The summed E-state index contributed by atoms with van der Waals surface area (Å²) in [6.45, 7) is 4.00. The lowest BCUT2D eigenvalue weighted by Crippen LogP contribution is -2.43. The molecule has 0 spiro atoms.